The van der Waals surface area contributed by atoms with Gasteiger partial charge in [0.15, 0.2) is 0 Å². The van der Waals surface area contributed by atoms with Crippen molar-refractivity contribution in [2.75, 3.05) is 0 Å². The van der Waals surface area contributed by atoms with E-state index in [2.05, 4.69) is 0 Å². The molecule has 0 atom stereocenters. The molecular weight excluding hydrogens is 555 g/mol. The normalized spacial score (nSPS) is 10.7. The van der Waals surface area contributed by atoms with Crippen LogP contribution in [0.3, 0.4) is 0 Å². The first kappa shape index (κ1) is 26.9. The molecule has 1 radical (unpaired) electrons. The van der Waals surface area contributed by atoms with Crippen LogP contribution in [0.5, 0.6) is 5.75 Å². The summed E-state index contributed by atoms with van der Waals surface area (Å²) in [5.41, 5.74) is -2.04. The topological polar surface area (TPSA) is 122 Å². The van der Waals surface area contributed by atoms with Crippen LogP contribution in [0.25, 0.3) is 27.4 Å². The molecule has 0 bridgehead atoms. The van der Waals surface area contributed by atoms with E-state index in [0.717, 1.165) is 4.57 Å². The van der Waals surface area contributed by atoms with Gasteiger partial charge < -0.3 is 16.1 Å². The van der Waals surface area contributed by atoms with Gasteiger partial charge in [0.05, 0.1) is 5.52 Å². The third-order valence-corrected chi connectivity index (χ3v) is 4.54. The predicted octanol–water partition coefficient (Wildman–Crippen LogP) is 2.95. The number of carbonyl (C=O) groups is 1. The summed E-state index contributed by atoms with van der Waals surface area (Å²) in [6, 6.07) is 18.0. The van der Waals surface area contributed by atoms with Gasteiger partial charge in [-0.1, -0.05) is 48.5 Å². The minimum Gasteiger partial charge on any atom is -0.506 e. The minimum atomic E-state index is -5.30. The number of aromatic nitrogens is 1. The number of hydrogen-bond acceptors (Lipinski definition) is 3. The number of rotatable bonds is 2. The van der Waals surface area contributed by atoms with Crippen LogP contribution in [0.15, 0.2) is 71.5 Å². The second-order valence-electron chi connectivity index (χ2n) is 6.21. The van der Waals surface area contributed by atoms with Gasteiger partial charge in [-0.25, -0.2) is 0 Å². The van der Waals surface area contributed by atoms with E-state index in [0.29, 0.717) is 10.8 Å². The average Bonchev–Trinajstić information content (AvgIpc) is 2.67. The predicted molar refractivity (Wildman–Crippen MR) is 106 cm³/mol. The van der Waals surface area contributed by atoms with E-state index in [1.165, 1.54) is 18.2 Å². The van der Waals surface area contributed by atoms with Crippen molar-refractivity contribution in [3.63, 3.8) is 0 Å². The van der Waals surface area contributed by atoms with Gasteiger partial charge in [-0.15, -0.1) is 0 Å². The maximum Gasteiger partial charge on any atom is 0.455 e. The summed E-state index contributed by atoms with van der Waals surface area (Å²) >= 11 is 0. The second kappa shape index (κ2) is 10.0. The molecule has 4 aromatic rings. The Bertz CT molecular complexity index is 1300. The fourth-order valence-electron chi connectivity index (χ4n) is 3.32. The van der Waals surface area contributed by atoms with E-state index in [1.54, 1.807) is 48.5 Å². The molecule has 0 aliphatic rings. The molecule has 4 rings (SSSR count). The number of hydrogen-bond donors (Lipinski definition) is 1. The first-order valence-electron chi connectivity index (χ1n) is 8.27. The van der Waals surface area contributed by atoms with Crippen molar-refractivity contribution in [1.82, 2.24) is 4.57 Å². The van der Waals surface area contributed by atoms with Crippen LogP contribution in [0.4, 0.5) is 13.2 Å². The quantitative estimate of drug-likeness (QED) is 0.294. The zero-order valence-corrected chi connectivity index (χ0v) is 18.0. The van der Waals surface area contributed by atoms with Crippen LogP contribution >= 0.6 is 0 Å². The van der Waals surface area contributed by atoms with E-state index in [9.17, 15) is 27.9 Å². The first-order valence-corrected chi connectivity index (χ1v) is 8.27. The van der Waals surface area contributed by atoms with E-state index >= 15 is 0 Å². The number of para-hydroxylation sites is 1. The Morgan fingerprint density at radius 1 is 0.871 bits per heavy atom. The molecule has 1 aromatic heterocycles. The van der Waals surface area contributed by atoms with Gasteiger partial charge in [0.2, 0.25) is 0 Å². The number of alkyl halides is 3. The molecule has 10 heteroatoms. The maximum absolute atomic E-state index is 13.1. The zero-order chi connectivity index (χ0) is 20.1. The van der Waals surface area contributed by atoms with Crippen LogP contribution in [-0.4, -0.2) is 32.6 Å². The smallest absolute Gasteiger partial charge is 0.455 e. The number of pyridine rings is 1. The molecular formula is C21H16EuF3NO5. The number of aromatic hydroxyl groups is 1. The van der Waals surface area contributed by atoms with Gasteiger partial charge in [-0.05, 0) is 29.0 Å². The van der Waals surface area contributed by atoms with Gasteiger partial charge in [-0.3, -0.25) is 14.2 Å². The summed E-state index contributed by atoms with van der Waals surface area (Å²) in [4.78, 5) is 24.9. The summed E-state index contributed by atoms with van der Waals surface area (Å²) in [6.07, 6.45) is -5.30. The molecule has 5 N–H and O–H groups in total. The van der Waals surface area contributed by atoms with Crippen molar-refractivity contribution in [2.45, 2.75) is 6.18 Å². The number of Topliss-reactive ketones (excluding diaryl/α,β-unsaturated/α-hetero) is 1. The van der Waals surface area contributed by atoms with E-state index in [4.69, 9.17) is 0 Å². The summed E-state index contributed by atoms with van der Waals surface area (Å²) in [5, 5.41) is 11.7. The molecule has 0 saturated carbocycles. The Balaban J connectivity index is 0.00000160. The van der Waals surface area contributed by atoms with Crippen LogP contribution in [0.2, 0.25) is 0 Å². The standard InChI is InChI=1S/C21H12F3NO3.Eu.2H2O/c22-21(23,24)19(27)17-18(26)16-14-9-5-4-6-12(14)10-11-15(16)25(20(17)28)13-7-2-1-3-8-13;;;/h1-11,26H;;2*1H2. The minimum absolute atomic E-state index is 0. The molecule has 3 aromatic carbocycles. The maximum atomic E-state index is 13.1. The fraction of sp³-hybridized carbons (Fsp3) is 0.0476. The molecule has 0 aliphatic carbocycles. The average molecular weight is 571 g/mol. The van der Waals surface area contributed by atoms with Crippen LogP contribution in [0.1, 0.15) is 10.4 Å². The molecule has 0 fully saturated rings. The molecule has 6 nitrogen and oxygen atoms in total. The third kappa shape index (κ3) is 4.58. The summed E-state index contributed by atoms with van der Waals surface area (Å²) in [5.74, 6) is -3.35. The Hall–Kier alpha value is -2.11. The largest absolute Gasteiger partial charge is 0.506 e. The van der Waals surface area contributed by atoms with Crippen molar-refractivity contribution >= 4 is 27.5 Å². The van der Waals surface area contributed by atoms with E-state index in [-0.39, 0.29) is 76.9 Å². The van der Waals surface area contributed by atoms with Gasteiger partial charge in [0.25, 0.3) is 11.3 Å². The first-order chi connectivity index (χ1) is 13.3. The van der Waals surface area contributed by atoms with Crippen molar-refractivity contribution in [2.24, 2.45) is 0 Å². The Kier molecular flexibility index (Phi) is 8.70. The molecule has 163 valence electrons. The number of fused-ring (bicyclic) bond motifs is 3. The number of halogens is 3. The monoisotopic (exact) mass is 572 g/mol. The fourth-order valence-corrected chi connectivity index (χ4v) is 3.32. The third-order valence-electron chi connectivity index (χ3n) is 4.54. The van der Waals surface area contributed by atoms with Crippen molar-refractivity contribution < 1.29 is 83.4 Å². The Morgan fingerprint density at radius 3 is 2.06 bits per heavy atom. The molecule has 0 aliphatic heterocycles. The number of carbonyl (C=O) groups excluding carboxylic acids is 1. The number of benzene rings is 3. The van der Waals surface area contributed by atoms with Crippen LogP contribution in [0, 0.1) is 49.4 Å². The molecule has 0 saturated heterocycles. The van der Waals surface area contributed by atoms with Gasteiger partial charge in [-0.2, -0.15) is 13.2 Å². The Labute approximate surface area is 214 Å². The van der Waals surface area contributed by atoms with Crippen molar-refractivity contribution in [3.05, 3.63) is 82.6 Å². The van der Waals surface area contributed by atoms with E-state index in [1.807, 2.05) is 0 Å². The van der Waals surface area contributed by atoms with Crippen LogP contribution < -0.4 is 5.56 Å². The Morgan fingerprint density at radius 2 is 1.45 bits per heavy atom. The van der Waals surface area contributed by atoms with E-state index < -0.39 is 28.8 Å². The summed E-state index contributed by atoms with van der Waals surface area (Å²) in [6.45, 7) is 0. The second-order valence-corrected chi connectivity index (χ2v) is 6.21. The summed E-state index contributed by atoms with van der Waals surface area (Å²) < 4.78 is 40.4. The van der Waals surface area contributed by atoms with Gasteiger partial charge in [0.1, 0.15) is 11.3 Å². The van der Waals surface area contributed by atoms with Gasteiger partial charge in [0, 0.05) is 60.5 Å². The molecule has 31 heavy (non-hydrogen) atoms. The van der Waals surface area contributed by atoms with Gasteiger partial charge >= 0.3 is 6.18 Å². The summed E-state index contributed by atoms with van der Waals surface area (Å²) in [7, 11) is 0. The molecule has 1 heterocycles. The van der Waals surface area contributed by atoms with Crippen LogP contribution in [-0.2, 0) is 0 Å². The van der Waals surface area contributed by atoms with Crippen molar-refractivity contribution in [1.29, 1.82) is 0 Å². The molecule has 0 unspecified atom stereocenters. The SMILES string of the molecule is O.O.O=C(c1c(O)c2c3ccccc3ccc2n(-c2ccccc2)c1=O)C(F)(F)F.[Eu]. The number of nitrogens with zero attached hydrogens (tertiary/aromatic N) is 1. The zero-order valence-electron chi connectivity index (χ0n) is 15.6. The molecule has 0 spiro atoms. The molecule has 0 amide bonds. The van der Waals surface area contributed by atoms with Crippen molar-refractivity contribution in [3.8, 4) is 11.4 Å². The number of ketones is 1.